The molecule has 1 N–H and O–H groups in total. The van der Waals surface area contributed by atoms with E-state index in [4.69, 9.17) is 0 Å². The first-order valence-electron chi connectivity index (χ1n) is 6.90. The maximum absolute atomic E-state index is 12.2. The van der Waals surface area contributed by atoms with Gasteiger partial charge in [-0.2, -0.15) is 0 Å². The van der Waals surface area contributed by atoms with Gasteiger partial charge in [-0.25, -0.2) is 4.98 Å². The van der Waals surface area contributed by atoms with Crippen LogP contribution in [0.25, 0.3) is 0 Å². The van der Waals surface area contributed by atoms with Crippen molar-refractivity contribution in [1.82, 2.24) is 9.88 Å². The van der Waals surface area contributed by atoms with Crippen LogP contribution in [-0.4, -0.2) is 28.9 Å². The van der Waals surface area contributed by atoms with Gasteiger partial charge >= 0.3 is 0 Å². The smallest absolute Gasteiger partial charge is 0.255 e. The number of hydrogen-bond acceptors (Lipinski definition) is 3. The molecule has 0 aliphatic carbocycles. The molecule has 3 rings (SSSR count). The summed E-state index contributed by atoms with van der Waals surface area (Å²) in [4.78, 5) is 18.4. The van der Waals surface area contributed by atoms with Gasteiger partial charge in [0.05, 0.1) is 5.56 Å². The van der Waals surface area contributed by atoms with E-state index in [-0.39, 0.29) is 5.91 Å². The van der Waals surface area contributed by atoms with E-state index < -0.39 is 0 Å². The maximum Gasteiger partial charge on any atom is 0.255 e. The molecule has 1 saturated heterocycles. The number of likely N-dealkylation sites (tertiary alicyclic amines) is 1. The Bertz CT molecular complexity index is 574. The summed E-state index contributed by atoms with van der Waals surface area (Å²) in [6.07, 6.45) is 3.85. The number of rotatable bonds is 3. The van der Waals surface area contributed by atoms with Crippen LogP contribution in [0.1, 0.15) is 23.2 Å². The molecule has 4 heteroatoms. The monoisotopic (exact) mass is 267 g/mol. The summed E-state index contributed by atoms with van der Waals surface area (Å²) < 4.78 is 0. The van der Waals surface area contributed by atoms with Crippen LogP contribution in [0.4, 0.5) is 11.5 Å². The fraction of sp³-hybridized carbons (Fsp3) is 0.250. The summed E-state index contributed by atoms with van der Waals surface area (Å²) in [6, 6.07) is 13.5. The zero-order valence-electron chi connectivity index (χ0n) is 11.2. The van der Waals surface area contributed by atoms with Crippen molar-refractivity contribution >= 4 is 17.4 Å². The van der Waals surface area contributed by atoms with Crippen LogP contribution in [0.5, 0.6) is 0 Å². The molecule has 102 valence electrons. The van der Waals surface area contributed by atoms with Crippen molar-refractivity contribution in [2.45, 2.75) is 12.8 Å². The minimum absolute atomic E-state index is 0.0845. The van der Waals surface area contributed by atoms with Crippen LogP contribution in [-0.2, 0) is 0 Å². The van der Waals surface area contributed by atoms with Gasteiger partial charge in [-0.1, -0.05) is 18.2 Å². The van der Waals surface area contributed by atoms with Crippen molar-refractivity contribution in [2.75, 3.05) is 18.4 Å². The zero-order chi connectivity index (χ0) is 13.8. The van der Waals surface area contributed by atoms with Crippen molar-refractivity contribution in [3.8, 4) is 0 Å². The van der Waals surface area contributed by atoms with E-state index in [1.165, 1.54) is 0 Å². The van der Waals surface area contributed by atoms with Gasteiger partial charge in [0.15, 0.2) is 0 Å². The second kappa shape index (κ2) is 5.74. The summed E-state index contributed by atoms with van der Waals surface area (Å²) in [6.45, 7) is 1.73. The molecule has 2 aromatic rings. The first-order valence-corrected chi connectivity index (χ1v) is 6.90. The molecule has 1 aromatic heterocycles. The second-order valence-electron chi connectivity index (χ2n) is 4.92. The average Bonchev–Trinajstić information content (AvgIpc) is 3.03. The lowest BCUT2D eigenvalue weighted by molar-refractivity contribution is 0.0792. The molecule has 0 saturated carbocycles. The van der Waals surface area contributed by atoms with E-state index in [0.29, 0.717) is 5.56 Å². The van der Waals surface area contributed by atoms with E-state index >= 15 is 0 Å². The van der Waals surface area contributed by atoms with E-state index in [1.807, 2.05) is 47.4 Å². The average molecular weight is 267 g/mol. The fourth-order valence-corrected chi connectivity index (χ4v) is 2.37. The molecule has 2 heterocycles. The van der Waals surface area contributed by atoms with Crippen molar-refractivity contribution in [1.29, 1.82) is 0 Å². The number of pyridine rings is 1. The number of carbonyl (C=O) groups excluding carboxylic acids is 1. The van der Waals surface area contributed by atoms with Crippen LogP contribution < -0.4 is 5.32 Å². The summed E-state index contributed by atoms with van der Waals surface area (Å²) in [5.74, 6) is 0.829. The number of aromatic nitrogens is 1. The number of anilines is 2. The molecule has 1 fully saturated rings. The molecule has 0 radical (unpaired) electrons. The molecule has 0 spiro atoms. The Labute approximate surface area is 118 Å². The third-order valence-corrected chi connectivity index (χ3v) is 3.45. The van der Waals surface area contributed by atoms with E-state index in [1.54, 1.807) is 6.20 Å². The highest BCUT2D eigenvalue weighted by molar-refractivity contribution is 5.94. The first kappa shape index (κ1) is 12.7. The van der Waals surface area contributed by atoms with Crippen LogP contribution >= 0.6 is 0 Å². The van der Waals surface area contributed by atoms with Gasteiger partial charge in [-0.15, -0.1) is 0 Å². The topological polar surface area (TPSA) is 45.2 Å². The van der Waals surface area contributed by atoms with Crippen molar-refractivity contribution in [3.05, 3.63) is 54.2 Å². The van der Waals surface area contributed by atoms with Crippen LogP contribution in [0, 0.1) is 0 Å². The molecule has 1 aliphatic heterocycles. The van der Waals surface area contributed by atoms with E-state index in [0.717, 1.165) is 37.4 Å². The highest BCUT2D eigenvalue weighted by Gasteiger charge is 2.19. The Kier molecular flexibility index (Phi) is 3.63. The third kappa shape index (κ3) is 2.79. The molecular formula is C16H17N3O. The molecule has 4 nitrogen and oxygen atoms in total. The number of amides is 1. The van der Waals surface area contributed by atoms with Gasteiger partial charge in [0.25, 0.3) is 5.91 Å². The van der Waals surface area contributed by atoms with Crippen molar-refractivity contribution < 1.29 is 4.79 Å². The van der Waals surface area contributed by atoms with Crippen LogP contribution in [0.2, 0.25) is 0 Å². The number of nitrogens with one attached hydrogen (secondary N) is 1. The minimum Gasteiger partial charge on any atom is -0.340 e. The second-order valence-corrected chi connectivity index (χ2v) is 4.92. The van der Waals surface area contributed by atoms with E-state index in [2.05, 4.69) is 10.3 Å². The van der Waals surface area contributed by atoms with Gasteiger partial charge < -0.3 is 10.2 Å². The standard InChI is InChI=1S/C16H17N3O/c20-16(19-10-4-5-11-19)13-8-9-15(17-12-13)18-14-6-2-1-3-7-14/h1-3,6-9,12H,4-5,10-11H2,(H,17,18). The van der Waals surface area contributed by atoms with Crippen molar-refractivity contribution in [3.63, 3.8) is 0 Å². The van der Waals surface area contributed by atoms with Gasteiger partial charge in [0.1, 0.15) is 5.82 Å². The maximum atomic E-state index is 12.2. The highest BCUT2D eigenvalue weighted by Crippen LogP contribution is 2.16. The Morgan fingerprint density at radius 2 is 1.80 bits per heavy atom. The van der Waals surface area contributed by atoms with Gasteiger partial charge in [0.2, 0.25) is 0 Å². The lowest BCUT2D eigenvalue weighted by Crippen LogP contribution is -2.27. The van der Waals surface area contributed by atoms with Crippen LogP contribution in [0.15, 0.2) is 48.7 Å². The molecule has 1 aliphatic rings. The fourth-order valence-electron chi connectivity index (χ4n) is 2.37. The van der Waals surface area contributed by atoms with Gasteiger partial charge in [-0.05, 0) is 37.1 Å². The first-order chi connectivity index (χ1) is 9.83. The van der Waals surface area contributed by atoms with Gasteiger partial charge in [-0.3, -0.25) is 4.79 Å². The molecule has 20 heavy (non-hydrogen) atoms. The summed E-state index contributed by atoms with van der Waals surface area (Å²) >= 11 is 0. The van der Waals surface area contributed by atoms with Crippen molar-refractivity contribution in [2.24, 2.45) is 0 Å². The Balaban J connectivity index is 1.69. The summed E-state index contributed by atoms with van der Waals surface area (Å²) in [7, 11) is 0. The molecule has 1 aromatic carbocycles. The molecular weight excluding hydrogens is 250 g/mol. The zero-order valence-corrected chi connectivity index (χ0v) is 11.2. The lowest BCUT2D eigenvalue weighted by Gasteiger charge is -2.15. The molecule has 0 unspecified atom stereocenters. The molecule has 0 atom stereocenters. The Morgan fingerprint density at radius 1 is 1.05 bits per heavy atom. The summed E-state index contributed by atoms with van der Waals surface area (Å²) in [5.41, 5.74) is 1.64. The highest BCUT2D eigenvalue weighted by atomic mass is 16.2. The number of benzene rings is 1. The largest absolute Gasteiger partial charge is 0.340 e. The normalized spacial score (nSPS) is 14.3. The predicted molar refractivity (Wildman–Crippen MR) is 79.1 cm³/mol. The molecule has 0 bridgehead atoms. The summed E-state index contributed by atoms with van der Waals surface area (Å²) in [5, 5.41) is 3.20. The Hall–Kier alpha value is -2.36. The quantitative estimate of drug-likeness (QED) is 0.929. The third-order valence-electron chi connectivity index (χ3n) is 3.45. The Morgan fingerprint density at radius 3 is 2.45 bits per heavy atom. The predicted octanol–water partition coefficient (Wildman–Crippen LogP) is 3.06. The number of hydrogen-bond donors (Lipinski definition) is 1. The SMILES string of the molecule is O=C(c1ccc(Nc2ccccc2)nc1)N1CCCC1. The number of nitrogens with zero attached hydrogens (tertiary/aromatic N) is 2. The lowest BCUT2D eigenvalue weighted by atomic mass is 10.2. The number of carbonyl (C=O) groups is 1. The minimum atomic E-state index is 0.0845. The van der Waals surface area contributed by atoms with Crippen LogP contribution in [0.3, 0.4) is 0 Å². The molecule has 1 amide bonds. The number of para-hydroxylation sites is 1. The van der Waals surface area contributed by atoms with Gasteiger partial charge in [0, 0.05) is 25.0 Å². The van der Waals surface area contributed by atoms with E-state index in [9.17, 15) is 4.79 Å².